The maximum absolute atomic E-state index is 12.4. The summed E-state index contributed by atoms with van der Waals surface area (Å²) >= 11 is 3.35. The molecule has 0 saturated carbocycles. The number of amides is 1. The van der Waals surface area contributed by atoms with E-state index in [0.29, 0.717) is 5.56 Å². The van der Waals surface area contributed by atoms with E-state index in [4.69, 9.17) is 0 Å². The van der Waals surface area contributed by atoms with Crippen molar-refractivity contribution in [2.24, 2.45) is 0 Å². The van der Waals surface area contributed by atoms with Gasteiger partial charge in [-0.25, -0.2) is 0 Å². The molecule has 0 saturated heterocycles. The van der Waals surface area contributed by atoms with Crippen LogP contribution >= 0.6 is 15.9 Å². The fourth-order valence-electron chi connectivity index (χ4n) is 2.07. The molecule has 1 atom stereocenters. The molecule has 1 aromatic heterocycles. The van der Waals surface area contributed by atoms with Gasteiger partial charge in [0.1, 0.15) is 6.04 Å². The van der Waals surface area contributed by atoms with Gasteiger partial charge in [-0.2, -0.15) is 0 Å². The zero-order chi connectivity index (χ0) is 15.6. The number of aryl methyl sites for hydroxylation is 2. The molecule has 1 aromatic carbocycles. The third kappa shape index (κ3) is 3.42. The summed E-state index contributed by atoms with van der Waals surface area (Å²) in [6.07, 6.45) is 1.64. The maximum atomic E-state index is 12.4. The number of halogens is 1. The average molecular weight is 349 g/mol. The van der Waals surface area contributed by atoms with E-state index in [1.54, 1.807) is 26.1 Å². The van der Waals surface area contributed by atoms with Crippen molar-refractivity contribution in [3.05, 3.63) is 62.5 Å². The number of nitrogens with one attached hydrogen (secondary N) is 1. The number of para-hydroxylation sites is 1. The predicted molar refractivity (Wildman–Crippen MR) is 87.7 cm³/mol. The first-order valence-corrected chi connectivity index (χ1v) is 7.44. The largest absolute Gasteiger partial charge is 0.324 e. The van der Waals surface area contributed by atoms with Gasteiger partial charge in [0.25, 0.3) is 5.56 Å². The van der Waals surface area contributed by atoms with Gasteiger partial charge in [-0.3, -0.25) is 9.59 Å². The van der Waals surface area contributed by atoms with E-state index in [1.165, 1.54) is 4.57 Å². The molecular weight excluding hydrogens is 332 g/mol. The first-order valence-electron chi connectivity index (χ1n) is 6.65. The standard InChI is InChI=1S/C16H17BrN2O2/c1-10-6-4-5-7-14(10)18-15(20)12(3)19-9-13(17)8-11(2)16(19)21/h4-9,12H,1-3H3,(H,18,20). The summed E-state index contributed by atoms with van der Waals surface area (Å²) < 4.78 is 2.21. The van der Waals surface area contributed by atoms with E-state index in [1.807, 2.05) is 31.2 Å². The van der Waals surface area contributed by atoms with Crippen LogP contribution in [0, 0.1) is 13.8 Å². The summed E-state index contributed by atoms with van der Waals surface area (Å²) in [5.74, 6) is -0.219. The van der Waals surface area contributed by atoms with Gasteiger partial charge in [-0.1, -0.05) is 18.2 Å². The number of carbonyl (C=O) groups excluding carboxylic acids is 1. The molecule has 4 nitrogen and oxygen atoms in total. The Balaban J connectivity index is 2.28. The number of nitrogens with zero attached hydrogens (tertiary/aromatic N) is 1. The first kappa shape index (κ1) is 15.5. The van der Waals surface area contributed by atoms with Gasteiger partial charge in [-0.05, 0) is 54.4 Å². The molecular formula is C16H17BrN2O2. The zero-order valence-corrected chi connectivity index (χ0v) is 13.8. The molecule has 1 N–H and O–H groups in total. The Kier molecular flexibility index (Phi) is 4.63. The van der Waals surface area contributed by atoms with Crippen molar-refractivity contribution in [2.75, 3.05) is 5.32 Å². The van der Waals surface area contributed by atoms with Crippen molar-refractivity contribution in [2.45, 2.75) is 26.8 Å². The Morgan fingerprint density at radius 3 is 2.57 bits per heavy atom. The smallest absolute Gasteiger partial charge is 0.254 e. The van der Waals surface area contributed by atoms with E-state index in [9.17, 15) is 9.59 Å². The number of carbonyl (C=O) groups is 1. The van der Waals surface area contributed by atoms with Gasteiger partial charge in [0.15, 0.2) is 0 Å². The Morgan fingerprint density at radius 1 is 1.24 bits per heavy atom. The Labute approximate surface area is 131 Å². The molecule has 0 radical (unpaired) electrons. The van der Waals surface area contributed by atoms with Crippen LogP contribution in [0.15, 0.2) is 45.8 Å². The SMILES string of the molecule is Cc1ccccc1NC(=O)C(C)n1cc(Br)cc(C)c1=O. The molecule has 0 aliphatic rings. The fraction of sp³-hybridized carbons (Fsp3) is 0.250. The highest BCUT2D eigenvalue weighted by atomic mass is 79.9. The van der Waals surface area contributed by atoms with Crippen molar-refractivity contribution in [1.29, 1.82) is 0 Å². The molecule has 0 fully saturated rings. The van der Waals surface area contributed by atoms with E-state index in [0.717, 1.165) is 15.7 Å². The van der Waals surface area contributed by atoms with Crippen LogP contribution in [0.25, 0.3) is 0 Å². The lowest BCUT2D eigenvalue weighted by atomic mass is 10.2. The quantitative estimate of drug-likeness (QED) is 0.923. The number of pyridine rings is 1. The monoisotopic (exact) mass is 348 g/mol. The van der Waals surface area contributed by atoms with Crippen LogP contribution in [0.2, 0.25) is 0 Å². The van der Waals surface area contributed by atoms with Gasteiger partial charge in [0, 0.05) is 21.9 Å². The summed E-state index contributed by atoms with van der Waals surface area (Å²) in [4.78, 5) is 24.5. The number of anilines is 1. The lowest BCUT2D eigenvalue weighted by Gasteiger charge is -2.17. The number of benzene rings is 1. The summed E-state index contributed by atoms with van der Waals surface area (Å²) in [7, 11) is 0. The van der Waals surface area contributed by atoms with Gasteiger partial charge < -0.3 is 9.88 Å². The number of hydrogen-bond donors (Lipinski definition) is 1. The highest BCUT2D eigenvalue weighted by Crippen LogP contribution is 2.17. The fourth-order valence-corrected chi connectivity index (χ4v) is 2.63. The summed E-state index contributed by atoms with van der Waals surface area (Å²) in [6.45, 7) is 5.37. The second kappa shape index (κ2) is 6.26. The molecule has 21 heavy (non-hydrogen) atoms. The Hall–Kier alpha value is -1.88. The van der Waals surface area contributed by atoms with Crippen molar-refractivity contribution >= 4 is 27.5 Å². The zero-order valence-electron chi connectivity index (χ0n) is 12.2. The third-order valence-corrected chi connectivity index (χ3v) is 3.82. The van der Waals surface area contributed by atoms with Crippen molar-refractivity contribution < 1.29 is 4.79 Å². The van der Waals surface area contributed by atoms with Crippen molar-refractivity contribution in [3.63, 3.8) is 0 Å². The molecule has 110 valence electrons. The molecule has 2 aromatic rings. The van der Waals surface area contributed by atoms with E-state index in [-0.39, 0.29) is 11.5 Å². The van der Waals surface area contributed by atoms with Gasteiger partial charge in [0.2, 0.25) is 5.91 Å². The molecule has 0 spiro atoms. The highest BCUT2D eigenvalue weighted by Gasteiger charge is 2.18. The maximum Gasteiger partial charge on any atom is 0.254 e. The van der Waals surface area contributed by atoms with Crippen LogP contribution in [-0.4, -0.2) is 10.5 Å². The van der Waals surface area contributed by atoms with E-state index in [2.05, 4.69) is 21.2 Å². The normalized spacial score (nSPS) is 12.0. The number of rotatable bonds is 3. The van der Waals surface area contributed by atoms with Crippen LogP contribution in [0.5, 0.6) is 0 Å². The van der Waals surface area contributed by atoms with Gasteiger partial charge >= 0.3 is 0 Å². The summed E-state index contributed by atoms with van der Waals surface area (Å²) in [5.41, 5.74) is 2.18. The van der Waals surface area contributed by atoms with Crippen LogP contribution in [0.3, 0.4) is 0 Å². The molecule has 0 aliphatic heterocycles. The minimum absolute atomic E-state index is 0.161. The molecule has 2 rings (SSSR count). The molecule has 0 aliphatic carbocycles. The highest BCUT2D eigenvalue weighted by molar-refractivity contribution is 9.10. The average Bonchev–Trinajstić information content (AvgIpc) is 2.44. The van der Waals surface area contributed by atoms with Crippen LogP contribution in [0.1, 0.15) is 24.1 Å². The van der Waals surface area contributed by atoms with Crippen molar-refractivity contribution in [3.8, 4) is 0 Å². The third-order valence-electron chi connectivity index (χ3n) is 3.39. The summed E-state index contributed by atoms with van der Waals surface area (Å²) in [6, 6.07) is 8.70. The van der Waals surface area contributed by atoms with Gasteiger partial charge in [0.05, 0.1) is 0 Å². The number of aromatic nitrogens is 1. The first-order chi connectivity index (χ1) is 9.90. The summed E-state index contributed by atoms with van der Waals surface area (Å²) in [5, 5.41) is 2.86. The van der Waals surface area contributed by atoms with Gasteiger partial charge in [-0.15, -0.1) is 0 Å². The second-order valence-corrected chi connectivity index (χ2v) is 5.95. The minimum atomic E-state index is -0.590. The molecule has 1 amide bonds. The minimum Gasteiger partial charge on any atom is -0.324 e. The van der Waals surface area contributed by atoms with Crippen molar-refractivity contribution in [1.82, 2.24) is 4.57 Å². The molecule has 5 heteroatoms. The van der Waals surface area contributed by atoms with E-state index < -0.39 is 6.04 Å². The molecule has 0 bridgehead atoms. The lowest BCUT2D eigenvalue weighted by molar-refractivity contribution is -0.118. The topological polar surface area (TPSA) is 51.1 Å². The van der Waals surface area contributed by atoms with E-state index >= 15 is 0 Å². The lowest BCUT2D eigenvalue weighted by Crippen LogP contribution is -2.32. The molecule has 1 unspecified atom stereocenters. The van der Waals surface area contributed by atoms with Crippen LogP contribution in [-0.2, 0) is 4.79 Å². The molecule has 1 heterocycles. The Morgan fingerprint density at radius 2 is 1.90 bits per heavy atom. The second-order valence-electron chi connectivity index (χ2n) is 5.03. The number of hydrogen-bond acceptors (Lipinski definition) is 2. The predicted octanol–water partition coefficient (Wildman–Crippen LogP) is 3.43. The van der Waals surface area contributed by atoms with Crippen LogP contribution in [0.4, 0.5) is 5.69 Å². The Bertz CT molecular complexity index is 737. The van der Waals surface area contributed by atoms with Crippen LogP contribution < -0.4 is 10.9 Å².